The number of carbonyl (C=O) groups is 1. The monoisotopic (exact) mass is 248 g/mol. The van der Waals surface area contributed by atoms with Crippen molar-refractivity contribution in [2.24, 2.45) is 0 Å². The van der Waals surface area contributed by atoms with Crippen molar-refractivity contribution in [3.8, 4) is 5.69 Å². The molecule has 1 aromatic heterocycles. The molecule has 19 heavy (non-hydrogen) atoms. The van der Waals surface area contributed by atoms with E-state index in [2.05, 4.69) is 4.98 Å². The molecule has 3 heteroatoms. The maximum Gasteiger partial charge on any atom is 0.193 e. The van der Waals surface area contributed by atoms with Crippen molar-refractivity contribution in [3.05, 3.63) is 84.4 Å². The number of ketones is 1. The van der Waals surface area contributed by atoms with Gasteiger partial charge < -0.3 is 4.57 Å². The highest BCUT2D eigenvalue weighted by Crippen LogP contribution is 2.13. The van der Waals surface area contributed by atoms with Gasteiger partial charge >= 0.3 is 0 Å². The minimum Gasteiger partial charge on any atom is -0.306 e. The fraction of sp³-hybridized carbons (Fsp3) is 0. The smallest absolute Gasteiger partial charge is 0.193 e. The van der Waals surface area contributed by atoms with Gasteiger partial charge in [-0.1, -0.05) is 30.3 Å². The van der Waals surface area contributed by atoms with Crippen LogP contribution in [0.15, 0.2) is 73.3 Å². The van der Waals surface area contributed by atoms with Gasteiger partial charge in [-0.05, 0) is 24.3 Å². The van der Waals surface area contributed by atoms with Crippen molar-refractivity contribution in [2.75, 3.05) is 0 Å². The number of aromatic nitrogens is 2. The molecule has 0 spiro atoms. The first kappa shape index (κ1) is 11.4. The highest BCUT2D eigenvalue weighted by atomic mass is 16.1. The zero-order valence-electron chi connectivity index (χ0n) is 10.2. The van der Waals surface area contributed by atoms with Gasteiger partial charge in [0.15, 0.2) is 5.78 Å². The second-order valence-electron chi connectivity index (χ2n) is 4.21. The third kappa shape index (κ3) is 2.31. The largest absolute Gasteiger partial charge is 0.306 e. The molecule has 0 aliphatic carbocycles. The van der Waals surface area contributed by atoms with Gasteiger partial charge in [0.05, 0.1) is 6.33 Å². The number of carbonyl (C=O) groups excluding carboxylic acids is 1. The van der Waals surface area contributed by atoms with Crippen LogP contribution in [0, 0.1) is 0 Å². The van der Waals surface area contributed by atoms with Crippen molar-refractivity contribution < 1.29 is 4.79 Å². The van der Waals surface area contributed by atoms with Crippen LogP contribution in [-0.4, -0.2) is 15.3 Å². The molecule has 0 radical (unpaired) electrons. The molecule has 0 bridgehead atoms. The molecule has 0 aliphatic heterocycles. The SMILES string of the molecule is O=C(c1ccccc1)c1ccc(-n2ccnc2)cc1. The molecular formula is C16H12N2O. The molecule has 0 saturated heterocycles. The van der Waals surface area contributed by atoms with E-state index < -0.39 is 0 Å². The molecule has 3 rings (SSSR count). The summed E-state index contributed by atoms with van der Waals surface area (Å²) in [7, 11) is 0. The van der Waals surface area contributed by atoms with Crippen LogP contribution in [0.3, 0.4) is 0 Å². The van der Waals surface area contributed by atoms with Gasteiger partial charge in [0, 0.05) is 29.2 Å². The summed E-state index contributed by atoms with van der Waals surface area (Å²) >= 11 is 0. The number of rotatable bonds is 3. The highest BCUT2D eigenvalue weighted by molar-refractivity contribution is 6.09. The average Bonchev–Trinajstić information content (AvgIpc) is 3.02. The van der Waals surface area contributed by atoms with Crippen LogP contribution in [0.4, 0.5) is 0 Å². The maximum atomic E-state index is 12.2. The Hall–Kier alpha value is -2.68. The van der Waals surface area contributed by atoms with E-state index in [0.717, 1.165) is 5.69 Å². The van der Waals surface area contributed by atoms with Crippen LogP contribution in [0.5, 0.6) is 0 Å². The molecule has 0 atom stereocenters. The summed E-state index contributed by atoms with van der Waals surface area (Å²) in [5, 5.41) is 0. The molecule has 0 saturated carbocycles. The number of hydrogen-bond donors (Lipinski definition) is 0. The van der Waals surface area contributed by atoms with Gasteiger partial charge in [0.1, 0.15) is 0 Å². The highest BCUT2D eigenvalue weighted by Gasteiger charge is 2.08. The second-order valence-corrected chi connectivity index (χ2v) is 4.21. The first-order chi connectivity index (χ1) is 9.34. The lowest BCUT2D eigenvalue weighted by molar-refractivity contribution is 0.103. The second kappa shape index (κ2) is 4.90. The Morgan fingerprint density at radius 2 is 1.58 bits per heavy atom. The summed E-state index contributed by atoms with van der Waals surface area (Å²) in [5.74, 6) is 0.0396. The van der Waals surface area contributed by atoms with E-state index >= 15 is 0 Å². The molecule has 0 amide bonds. The third-order valence-corrected chi connectivity index (χ3v) is 2.97. The van der Waals surface area contributed by atoms with E-state index in [-0.39, 0.29) is 5.78 Å². The molecule has 3 aromatic rings. The normalized spacial score (nSPS) is 10.3. The Balaban J connectivity index is 1.89. The van der Waals surface area contributed by atoms with E-state index in [1.54, 1.807) is 12.5 Å². The minimum absolute atomic E-state index is 0.0396. The first-order valence-corrected chi connectivity index (χ1v) is 6.03. The van der Waals surface area contributed by atoms with Crippen molar-refractivity contribution >= 4 is 5.78 Å². The van der Waals surface area contributed by atoms with E-state index in [1.165, 1.54) is 0 Å². The Bertz CT molecular complexity index is 671. The molecule has 92 valence electrons. The topological polar surface area (TPSA) is 34.9 Å². The van der Waals surface area contributed by atoms with Crippen molar-refractivity contribution in [1.29, 1.82) is 0 Å². The number of hydrogen-bond acceptors (Lipinski definition) is 2. The summed E-state index contributed by atoms with van der Waals surface area (Å²) in [6.45, 7) is 0. The van der Waals surface area contributed by atoms with Gasteiger partial charge in [0.25, 0.3) is 0 Å². The molecule has 0 unspecified atom stereocenters. The molecular weight excluding hydrogens is 236 g/mol. The summed E-state index contributed by atoms with van der Waals surface area (Å²) in [6.07, 6.45) is 5.32. The zero-order chi connectivity index (χ0) is 13.1. The van der Waals surface area contributed by atoms with Crippen molar-refractivity contribution in [2.45, 2.75) is 0 Å². The molecule has 0 aliphatic rings. The van der Waals surface area contributed by atoms with Gasteiger partial charge in [-0.2, -0.15) is 0 Å². The fourth-order valence-corrected chi connectivity index (χ4v) is 1.95. The molecule has 2 aromatic carbocycles. The minimum atomic E-state index is 0.0396. The van der Waals surface area contributed by atoms with Crippen LogP contribution in [-0.2, 0) is 0 Å². The third-order valence-electron chi connectivity index (χ3n) is 2.97. The van der Waals surface area contributed by atoms with E-state index in [0.29, 0.717) is 11.1 Å². The van der Waals surface area contributed by atoms with Crippen LogP contribution in [0.1, 0.15) is 15.9 Å². The van der Waals surface area contributed by atoms with Gasteiger partial charge in [-0.25, -0.2) is 4.98 Å². The molecule has 0 fully saturated rings. The first-order valence-electron chi connectivity index (χ1n) is 6.03. The lowest BCUT2D eigenvalue weighted by atomic mass is 10.0. The van der Waals surface area contributed by atoms with Crippen LogP contribution < -0.4 is 0 Å². The Morgan fingerprint density at radius 3 is 2.21 bits per heavy atom. The maximum absolute atomic E-state index is 12.2. The number of imidazole rings is 1. The summed E-state index contributed by atoms with van der Waals surface area (Å²) in [6, 6.07) is 16.8. The predicted molar refractivity (Wildman–Crippen MR) is 73.4 cm³/mol. The number of nitrogens with zero attached hydrogens (tertiary/aromatic N) is 2. The van der Waals surface area contributed by atoms with Gasteiger partial charge in [-0.3, -0.25) is 4.79 Å². The van der Waals surface area contributed by atoms with E-state index in [9.17, 15) is 4.79 Å². The zero-order valence-corrected chi connectivity index (χ0v) is 10.2. The summed E-state index contributed by atoms with van der Waals surface area (Å²) < 4.78 is 1.90. The molecule has 3 nitrogen and oxygen atoms in total. The Labute approximate surface area is 111 Å². The number of benzene rings is 2. The summed E-state index contributed by atoms with van der Waals surface area (Å²) in [4.78, 5) is 16.2. The molecule has 0 N–H and O–H groups in total. The van der Waals surface area contributed by atoms with Crippen LogP contribution in [0.25, 0.3) is 5.69 Å². The Kier molecular flexibility index (Phi) is 2.94. The van der Waals surface area contributed by atoms with E-state index in [1.807, 2.05) is 65.4 Å². The predicted octanol–water partition coefficient (Wildman–Crippen LogP) is 3.10. The van der Waals surface area contributed by atoms with E-state index in [4.69, 9.17) is 0 Å². The standard InChI is InChI=1S/C16H12N2O/c19-16(13-4-2-1-3-5-13)14-6-8-15(9-7-14)18-11-10-17-12-18/h1-12H. The van der Waals surface area contributed by atoms with Crippen LogP contribution >= 0.6 is 0 Å². The Morgan fingerprint density at radius 1 is 0.895 bits per heavy atom. The lowest BCUT2D eigenvalue weighted by Crippen LogP contribution is -2.01. The van der Waals surface area contributed by atoms with Gasteiger partial charge in [0.2, 0.25) is 0 Å². The van der Waals surface area contributed by atoms with Crippen molar-refractivity contribution in [3.63, 3.8) is 0 Å². The lowest BCUT2D eigenvalue weighted by Gasteiger charge is -2.04. The fourth-order valence-electron chi connectivity index (χ4n) is 1.95. The average molecular weight is 248 g/mol. The van der Waals surface area contributed by atoms with Crippen molar-refractivity contribution in [1.82, 2.24) is 9.55 Å². The van der Waals surface area contributed by atoms with Gasteiger partial charge in [-0.15, -0.1) is 0 Å². The summed E-state index contributed by atoms with van der Waals surface area (Å²) in [5.41, 5.74) is 2.38. The quantitative estimate of drug-likeness (QED) is 0.667. The van der Waals surface area contributed by atoms with Crippen LogP contribution in [0.2, 0.25) is 0 Å². The molecule has 1 heterocycles.